The van der Waals surface area contributed by atoms with E-state index in [2.05, 4.69) is 18.8 Å². The average Bonchev–Trinajstić information content (AvgIpc) is 3.05. The second kappa shape index (κ2) is 9.45. The van der Waals surface area contributed by atoms with Crippen LogP contribution in [-0.2, 0) is 19.7 Å². The Morgan fingerprint density at radius 2 is 1.94 bits per heavy atom. The molecule has 1 N–H and O–H groups in total. The van der Waals surface area contributed by atoms with Gasteiger partial charge in [-0.2, -0.15) is 0 Å². The topological polar surface area (TPSA) is 65.6 Å². The lowest BCUT2D eigenvalue weighted by Gasteiger charge is -2.29. The van der Waals surface area contributed by atoms with Crippen LogP contribution in [0, 0.1) is 0 Å². The largest absolute Gasteiger partial charge is 0.456 e. The van der Waals surface area contributed by atoms with Gasteiger partial charge in [0.2, 0.25) is 5.91 Å². The molecule has 0 radical (unpaired) electrons. The lowest BCUT2D eigenvalue weighted by atomic mass is 9.81. The predicted octanol–water partition coefficient (Wildman–Crippen LogP) is 4.26. The van der Waals surface area contributed by atoms with Crippen LogP contribution >= 0.6 is 0 Å². The van der Waals surface area contributed by atoms with Crippen molar-refractivity contribution in [1.82, 2.24) is 14.8 Å². The molecule has 6 nitrogen and oxygen atoms in total. The van der Waals surface area contributed by atoms with Crippen LogP contribution in [0.3, 0.4) is 0 Å². The Morgan fingerprint density at radius 3 is 2.59 bits per heavy atom. The molecule has 0 saturated carbocycles. The highest BCUT2D eigenvalue weighted by molar-refractivity contribution is 6.18. The number of rotatable bonds is 7. The monoisotopic (exact) mass is 443 g/mol. The second-order valence-corrected chi connectivity index (χ2v) is 9.56. The van der Waals surface area contributed by atoms with Gasteiger partial charge in [0, 0.05) is 35.5 Å². The molecule has 1 aliphatic heterocycles. The summed E-state index contributed by atoms with van der Waals surface area (Å²) in [6.07, 6.45) is 0.490. The Balaban J connectivity index is 2.06. The first-order valence-electron chi connectivity index (χ1n) is 11.1. The number of fused-ring (bicyclic) bond motifs is 3. The summed E-state index contributed by atoms with van der Waals surface area (Å²) in [5.41, 5.74) is 2.31. The summed E-state index contributed by atoms with van der Waals surface area (Å²) in [5, 5.41) is 1.00. The Bertz CT molecular complexity index is 1020. The Kier molecular flexibility index (Phi) is 7.08. The Labute approximate surface area is 189 Å². The zero-order chi connectivity index (χ0) is 23.6. The number of para-hydroxylation sites is 1. The molecule has 1 aromatic carbocycles. The third-order valence-electron chi connectivity index (χ3n) is 5.98. The van der Waals surface area contributed by atoms with Crippen LogP contribution in [0.5, 0.6) is 0 Å². The number of carbonyl (C=O) groups is 2. The number of amides is 1. The highest BCUT2D eigenvalue weighted by Gasteiger charge is 2.37. The molecule has 0 bridgehead atoms. The maximum atomic E-state index is 13.7. The lowest BCUT2D eigenvalue weighted by molar-refractivity contribution is -0.143. The van der Waals surface area contributed by atoms with Gasteiger partial charge in [0.05, 0.1) is 11.3 Å². The van der Waals surface area contributed by atoms with Gasteiger partial charge in [0.15, 0.2) is 0 Å². The van der Waals surface area contributed by atoms with Crippen molar-refractivity contribution in [2.24, 2.45) is 0 Å². The number of esters is 1. The molecule has 2 aromatic rings. The number of carbonyl (C=O) groups excluding carboxylic acids is 2. The van der Waals surface area contributed by atoms with Crippen LogP contribution in [0.25, 0.3) is 16.5 Å². The van der Waals surface area contributed by atoms with E-state index < -0.39 is 23.7 Å². The van der Waals surface area contributed by atoms with Crippen LogP contribution in [-0.4, -0.2) is 66.1 Å². The minimum absolute atomic E-state index is 0.0495. The van der Waals surface area contributed by atoms with Crippen LogP contribution < -0.4 is 0 Å². The van der Waals surface area contributed by atoms with E-state index in [0.29, 0.717) is 18.7 Å². The van der Waals surface area contributed by atoms with Crippen molar-refractivity contribution < 1.29 is 18.7 Å². The summed E-state index contributed by atoms with van der Waals surface area (Å²) in [6.45, 7) is 8.25. The van der Waals surface area contributed by atoms with Gasteiger partial charge in [0.25, 0.3) is 0 Å². The first kappa shape index (κ1) is 24.0. The van der Waals surface area contributed by atoms with E-state index in [-0.39, 0.29) is 11.5 Å². The normalized spacial score (nSPS) is 17.5. The first-order valence-corrected chi connectivity index (χ1v) is 11.1. The van der Waals surface area contributed by atoms with E-state index in [9.17, 15) is 14.0 Å². The molecule has 2 unspecified atom stereocenters. The molecule has 1 aliphatic rings. The average molecular weight is 444 g/mol. The van der Waals surface area contributed by atoms with Gasteiger partial charge < -0.3 is 19.5 Å². The van der Waals surface area contributed by atoms with E-state index in [4.69, 9.17) is 4.74 Å². The molecule has 2 heterocycles. The van der Waals surface area contributed by atoms with Gasteiger partial charge >= 0.3 is 5.97 Å². The number of ether oxygens (including phenoxy) is 1. The second-order valence-electron chi connectivity index (χ2n) is 9.56. The smallest absolute Gasteiger partial charge is 0.342 e. The molecule has 3 rings (SSSR count). The zero-order valence-corrected chi connectivity index (χ0v) is 19.9. The van der Waals surface area contributed by atoms with Crippen LogP contribution in [0.2, 0.25) is 0 Å². The third kappa shape index (κ3) is 5.04. The summed E-state index contributed by atoms with van der Waals surface area (Å²) < 4.78 is 19.1. The summed E-state index contributed by atoms with van der Waals surface area (Å²) >= 11 is 0. The number of hydrogen-bond donors (Lipinski definition) is 1. The molecule has 1 aromatic heterocycles. The summed E-state index contributed by atoms with van der Waals surface area (Å²) in [5.74, 6) is -0.690. The number of aromatic nitrogens is 1. The molecule has 0 aliphatic carbocycles. The number of benzene rings is 1. The van der Waals surface area contributed by atoms with Crippen molar-refractivity contribution in [3.63, 3.8) is 0 Å². The van der Waals surface area contributed by atoms with Crippen molar-refractivity contribution in [1.29, 1.82) is 0 Å². The fourth-order valence-corrected chi connectivity index (χ4v) is 4.15. The van der Waals surface area contributed by atoms with E-state index in [1.165, 1.54) is 13.8 Å². The van der Waals surface area contributed by atoms with Crippen molar-refractivity contribution in [2.75, 3.05) is 27.2 Å². The maximum absolute atomic E-state index is 13.7. The SMILES string of the molecule is CC(F)C(C)OC(=O)C1=CN(C(=O)CCCN(C)C)CC(C)(C)c2c1[nH]c1ccccc21. The molecule has 32 heavy (non-hydrogen) atoms. The number of halogens is 1. The number of hydrogen-bond acceptors (Lipinski definition) is 4. The van der Waals surface area contributed by atoms with Gasteiger partial charge in [-0.1, -0.05) is 32.0 Å². The Morgan fingerprint density at radius 1 is 1.25 bits per heavy atom. The quantitative estimate of drug-likeness (QED) is 0.650. The van der Waals surface area contributed by atoms with Gasteiger partial charge in [-0.3, -0.25) is 4.79 Å². The van der Waals surface area contributed by atoms with Crippen LogP contribution in [0.1, 0.15) is 51.8 Å². The molecule has 1 amide bonds. The number of alkyl halides is 1. The van der Waals surface area contributed by atoms with E-state index in [1.807, 2.05) is 43.3 Å². The first-order chi connectivity index (χ1) is 15.0. The fraction of sp³-hybridized carbons (Fsp3) is 0.520. The highest BCUT2D eigenvalue weighted by atomic mass is 19.1. The molecular formula is C25H34FN3O3. The molecule has 7 heteroatoms. The van der Waals surface area contributed by atoms with Crippen molar-refractivity contribution in [3.05, 3.63) is 41.7 Å². The number of H-pyrrole nitrogens is 1. The van der Waals surface area contributed by atoms with Crippen LogP contribution in [0.4, 0.5) is 4.39 Å². The Hall–Kier alpha value is -2.67. The maximum Gasteiger partial charge on any atom is 0.342 e. The highest BCUT2D eigenvalue weighted by Crippen LogP contribution is 2.40. The van der Waals surface area contributed by atoms with Crippen molar-refractivity contribution >= 4 is 28.4 Å². The van der Waals surface area contributed by atoms with E-state index in [0.717, 1.165) is 29.4 Å². The van der Waals surface area contributed by atoms with Crippen molar-refractivity contribution in [2.45, 2.75) is 58.2 Å². The number of nitrogens with zero attached hydrogens (tertiary/aromatic N) is 2. The summed E-state index contributed by atoms with van der Waals surface area (Å²) in [7, 11) is 3.94. The molecule has 2 atom stereocenters. The van der Waals surface area contributed by atoms with E-state index in [1.54, 1.807) is 11.1 Å². The van der Waals surface area contributed by atoms with Gasteiger partial charge in [-0.15, -0.1) is 0 Å². The van der Waals surface area contributed by atoms with Gasteiger partial charge in [-0.05, 0) is 52.5 Å². The zero-order valence-electron chi connectivity index (χ0n) is 19.9. The molecule has 0 fully saturated rings. The minimum Gasteiger partial charge on any atom is -0.456 e. The molecular weight excluding hydrogens is 409 g/mol. The fourth-order valence-electron chi connectivity index (χ4n) is 4.15. The van der Waals surface area contributed by atoms with Gasteiger partial charge in [0.1, 0.15) is 12.3 Å². The number of aromatic amines is 1. The summed E-state index contributed by atoms with van der Waals surface area (Å²) in [4.78, 5) is 33.3. The van der Waals surface area contributed by atoms with Gasteiger partial charge in [-0.25, -0.2) is 9.18 Å². The van der Waals surface area contributed by atoms with Crippen molar-refractivity contribution in [3.8, 4) is 0 Å². The van der Waals surface area contributed by atoms with E-state index >= 15 is 0 Å². The standard InChI is InChI=1S/C25H34FN3O3/c1-16(26)17(2)32-24(31)19-14-29(21(30)12-9-13-28(5)6)15-25(3,4)22-18-10-7-8-11-20(18)27-23(19)22/h7-8,10-11,14,16-17,27H,9,12-13,15H2,1-6H3. The number of nitrogens with one attached hydrogen (secondary N) is 1. The molecule has 0 spiro atoms. The summed E-state index contributed by atoms with van der Waals surface area (Å²) in [6, 6.07) is 7.85. The predicted molar refractivity (Wildman–Crippen MR) is 125 cm³/mol. The molecule has 174 valence electrons. The molecule has 0 saturated heterocycles. The van der Waals surface area contributed by atoms with Crippen LogP contribution in [0.15, 0.2) is 30.5 Å². The third-order valence-corrected chi connectivity index (χ3v) is 5.98. The minimum atomic E-state index is -1.30. The lowest BCUT2D eigenvalue weighted by Crippen LogP contribution is -2.37.